The van der Waals surface area contributed by atoms with Crippen LogP contribution in [0.2, 0.25) is 0 Å². The number of nitrogens with one attached hydrogen (secondary N) is 2. The van der Waals surface area contributed by atoms with Crippen molar-refractivity contribution in [2.24, 2.45) is 9.81 Å². The van der Waals surface area contributed by atoms with Gasteiger partial charge in [-0.15, -0.1) is 4.40 Å². The number of rotatable bonds is 5. The zero-order valence-corrected chi connectivity index (χ0v) is 25.6. The van der Waals surface area contributed by atoms with Crippen molar-refractivity contribution >= 4 is 48.8 Å². The number of anilines is 2. The molecule has 0 amide bonds. The van der Waals surface area contributed by atoms with E-state index in [-0.39, 0.29) is 56.8 Å². The Bertz CT molecular complexity index is 1610. The topological polar surface area (TPSA) is 145 Å². The summed E-state index contributed by atoms with van der Waals surface area (Å²) in [5.41, 5.74) is -1.47. The average molecular weight is 572 g/mol. The van der Waals surface area contributed by atoms with Crippen molar-refractivity contribution < 1.29 is 60.7 Å². The van der Waals surface area contributed by atoms with Crippen molar-refractivity contribution in [3.8, 4) is 0 Å². The third-order valence-electron chi connectivity index (χ3n) is 6.42. The second kappa shape index (κ2) is 10.1. The standard InChI is InChI=1S/C25H28FN3O6S2.Na/c1-24(2,3)10-11-25(4)17-8-6-14(26)12-16(17)21(30)20(22(25)31)23-27-18-9-7-15(28-36(5,32)33)13-19(18)37(34,35)29-23;/h6-9,12-13,28,30H,10-11H2,1-5H3,(H,27,29);/q;+1/p-1/t25-;/m1./s1. The summed E-state index contributed by atoms with van der Waals surface area (Å²) >= 11 is 0. The van der Waals surface area contributed by atoms with Gasteiger partial charge in [-0.05, 0) is 66.6 Å². The molecule has 2 N–H and O–H groups in total. The number of fused-ring (bicyclic) bond motifs is 2. The fourth-order valence-electron chi connectivity index (χ4n) is 4.45. The van der Waals surface area contributed by atoms with E-state index in [4.69, 9.17) is 0 Å². The number of benzene rings is 2. The molecule has 0 unspecified atom stereocenters. The second-order valence-corrected chi connectivity index (χ2v) is 14.1. The molecule has 0 saturated heterocycles. The monoisotopic (exact) mass is 571 g/mol. The minimum atomic E-state index is -4.43. The van der Waals surface area contributed by atoms with Crippen LogP contribution in [-0.4, -0.2) is 34.7 Å². The third kappa shape index (κ3) is 5.84. The molecule has 1 aliphatic carbocycles. The average Bonchev–Trinajstić information content (AvgIpc) is 2.75. The van der Waals surface area contributed by atoms with E-state index in [2.05, 4.69) is 14.4 Å². The smallest absolute Gasteiger partial charge is 0.871 e. The molecule has 198 valence electrons. The van der Waals surface area contributed by atoms with Crippen LogP contribution in [0.3, 0.4) is 0 Å². The van der Waals surface area contributed by atoms with Crippen LogP contribution in [0.5, 0.6) is 0 Å². The van der Waals surface area contributed by atoms with E-state index in [0.717, 1.165) is 18.4 Å². The predicted molar refractivity (Wildman–Crippen MR) is 138 cm³/mol. The first-order valence-corrected chi connectivity index (χ1v) is 14.8. The van der Waals surface area contributed by atoms with E-state index in [1.165, 1.54) is 24.3 Å². The molecular formula is C25H27FN3NaO6S2. The van der Waals surface area contributed by atoms with Gasteiger partial charge in [0.05, 0.1) is 22.9 Å². The molecular weight excluding hydrogens is 544 g/mol. The van der Waals surface area contributed by atoms with Crippen LogP contribution in [0.1, 0.15) is 51.7 Å². The number of hydrogen-bond acceptors (Lipinski definition) is 7. The predicted octanol–water partition coefficient (Wildman–Crippen LogP) is 0.152. The summed E-state index contributed by atoms with van der Waals surface area (Å²) in [6.45, 7) is 7.69. The Morgan fingerprint density at radius 1 is 1.16 bits per heavy atom. The Morgan fingerprint density at radius 2 is 1.82 bits per heavy atom. The van der Waals surface area contributed by atoms with Crippen LogP contribution in [0, 0.1) is 11.2 Å². The first-order chi connectivity index (χ1) is 16.9. The quantitative estimate of drug-likeness (QED) is 0.486. The summed E-state index contributed by atoms with van der Waals surface area (Å²) in [5, 5.41) is 16.2. The van der Waals surface area contributed by atoms with E-state index in [0.29, 0.717) is 18.4 Å². The van der Waals surface area contributed by atoms with Crippen LogP contribution < -0.4 is 44.7 Å². The van der Waals surface area contributed by atoms with Gasteiger partial charge in [0.2, 0.25) is 10.0 Å². The van der Waals surface area contributed by atoms with Crippen molar-refractivity contribution in [2.75, 3.05) is 16.3 Å². The number of ketones is 1. The van der Waals surface area contributed by atoms with Crippen molar-refractivity contribution in [3.05, 3.63) is 58.9 Å². The Morgan fingerprint density at radius 3 is 2.42 bits per heavy atom. The van der Waals surface area contributed by atoms with Gasteiger partial charge < -0.3 is 10.4 Å². The van der Waals surface area contributed by atoms with Gasteiger partial charge in [-0.2, -0.15) is 8.42 Å². The first-order valence-electron chi connectivity index (χ1n) is 11.4. The van der Waals surface area contributed by atoms with Gasteiger partial charge in [0.25, 0.3) is 10.0 Å². The molecule has 38 heavy (non-hydrogen) atoms. The summed E-state index contributed by atoms with van der Waals surface area (Å²) in [6, 6.07) is 7.40. The van der Waals surface area contributed by atoms with Crippen LogP contribution in [-0.2, 0) is 30.3 Å². The Balaban J connectivity index is 0.00000400. The molecule has 0 fully saturated rings. The number of sulfonamides is 2. The van der Waals surface area contributed by atoms with E-state index in [9.17, 15) is 31.1 Å². The van der Waals surface area contributed by atoms with E-state index >= 15 is 0 Å². The maximum absolute atomic E-state index is 14.2. The molecule has 0 spiro atoms. The van der Waals surface area contributed by atoms with Gasteiger partial charge in [-0.3, -0.25) is 9.52 Å². The van der Waals surface area contributed by atoms with Crippen LogP contribution >= 0.6 is 0 Å². The Kier molecular flexibility index (Phi) is 8.01. The van der Waals surface area contributed by atoms with Gasteiger partial charge in [0.15, 0.2) is 11.6 Å². The first kappa shape index (κ1) is 30.3. The molecule has 0 bridgehead atoms. The molecule has 9 nitrogen and oxygen atoms in total. The fourth-order valence-corrected chi connectivity index (χ4v) is 6.16. The minimum Gasteiger partial charge on any atom is -0.871 e. The number of halogens is 1. The number of nitrogens with zero attached hydrogens (tertiary/aromatic N) is 1. The number of hydrogen-bond donors (Lipinski definition) is 2. The van der Waals surface area contributed by atoms with Crippen molar-refractivity contribution in [1.29, 1.82) is 0 Å². The Labute approximate surface area is 244 Å². The zero-order chi connectivity index (χ0) is 27.6. The zero-order valence-electron chi connectivity index (χ0n) is 22.0. The number of carbonyl (C=O) groups excluding carboxylic acids is 1. The van der Waals surface area contributed by atoms with Gasteiger partial charge in [0.1, 0.15) is 10.7 Å². The summed E-state index contributed by atoms with van der Waals surface area (Å²) in [5.74, 6) is -2.56. The molecule has 1 aliphatic heterocycles. The van der Waals surface area contributed by atoms with Crippen molar-refractivity contribution in [1.82, 2.24) is 0 Å². The van der Waals surface area contributed by atoms with Crippen LogP contribution in [0.25, 0.3) is 5.76 Å². The van der Waals surface area contributed by atoms with E-state index < -0.39 is 54.2 Å². The normalized spacial score (nSPS) is 20.5. The van der Waals surface area contributed by atoms with Gasteiger partial charge in [-0.1, -0.05) is 32.6 Å². The van der Waals surface area contributed by atoms with Gasteiger partial charge >= 0.3 is 29.6 Å². The van der Waals surface area contributed by atoms with Gasteiger partial charge in [0, 0.05) is 5.69 Å². The second-order valence-electron chi connectivity index (χ2n) is 10.7. The SMILES string of the molecule is CC(C)(C)CC[C@@]1(C)C(=O)C(C2=NS(=O)(=O)c3cc(NS(C)(=O)=O)ccc3N2)=C([O-])c2cc(F)ccc21.[Na+]. The molecule has 4 rings (SSSR count). The third-order valence-corrected chi connectivity index (χ3v) is 8.34. The summed E-state index contributed by atoms with van der Waals surface area (Å²) in [6.07, 6.45) is 1.86. The number of amidine groups is 1. The van der Waals surface area contributed by atoms with Crippen molar-refractivity contribution in [3.63, 3.8) is 0 Å². The maximum Gasteiger partial charge on any atom is 1.00 e. The van der Waals surface area contributed by atoms with Crippen LogP contribution in [0.4, 0.5) is 15.8 Å². The number of Topliss-reactive ketones (excluding diaryl/α,β-unsaturated/α-hetero) is 1. The molecule has 1 heterocycles. The molecule has 0 saturated carbocycles. The van der Waals surface area contributed by atoms with E-state index in [1.54, 1.807) is 6.92 Å². The Hall–Kier alpha value is -2.25. The molecule has 2 aromatic rings. The number of carbonyl (C=O) groups is 1. The van der Waals surface area contributed by atoms with Crippen LogP contribution in [0.15, 0.2) is 51.3 Å². The molecule has 2 aliphatic rings. The summed E-state index contributed by atoms with van der Waals surface area (Å²) < 4.78 is 69.4. The fraction of sp³-hybridized carbons (Fsp3) is 0.360. The minimum absolute atomic E-state index is 0. The van der Waals surface area contributed by atoms with Crippen molar-refractivity contribution in [2.45, 2.75) is 50.8 Å². The van der Waals surface area contributed by atoms with Gasteiger partial charge in [-0.25, -0.2) is 12.8 Å². The molecule has 0 radical (unpaired) electrons. The maximum atomic E-state index is 14.2. The largest absolute Gasteiger partial charge is 1.00 e. The molecule has 0 aromatic heterocycles. The summed E-state index contributed by atoms with van der Waals surface area (Å²) in [4.78, 5) is 13.6. The molecule has 13 heteroatoms. The molecule has 2 aromatic carbocycles. The molecule has 1 atom stereocenters. The summed E-state index contributed by atoms with van der Waals surface area (Å²) in [7, 11) is -8.10. The van der Waals surface area contributed by atoms with E-state index in [1.807, 2.05) is 20.8 Å².